The van der Waals surface area contributed by atoms with Crippen molar-refractivity contribution in [2.24, 2.45) is 0 Å². The van der Waals surface area contributed by atoms with Gasteiger partial charge in [0.15, 0.2) is 11.6 Å². The van der Waals surface area contributed by atoms with Gasteiger partial charge in [-0.2, -0.15) is 0 Å². The zero-order valence-corrected chi connectivity index (χ0v) is 20.1. The van der Waals surface area contributed by atoms with Crippen molar-refractivity contribution in [1.82, 2.24) is 0 Å². The standard InChI is InChI=1S/C21H15ClN2O5S.Na/c1-10-8-11(6-7-14(10)22)24-15-9-16(30(27,28)29)19(23)18-17(15)20(25)12-4-2-3-5-13(12)21(18)26;/h2-9,24H,23H2,1H3,(H,27,28,29);/q;+1/p-1. The van der Waals surface area contributed by atoms with Crippen LogP contribution >= 0.6 is 11.6 Å². The molecule has 0 amide bonds. The Kier molecular flexibility index (Phi) is 6.35. The van der Waals surface area contributed by atoms with Crippen LogP contribution in [0.5, 0.6) is 0 Å². The molecule has 3 aromatic rings. The number of hydrogen-bond donors (Lipinski definition) is 2. The SMILES string of the molecule is Cc1cc(Nc2cc(S(=O)(=O)[O-])c(N)c3c2C(=O)c2ccccc2C3=O)ccc1Cl.[Na+]. The first kappa shape index (κ1) is 23.5. The summed E-state index contributed by atoms with van der Waals surface area (Å²) in [6.45, 7) is 1.77. The summed E-state index contributed by atoms with van der Waals surface area (Å²) in [5, 5.41) is 3.45. The Morgan fingerprint density at radius 3 is 2.10 bits per heavy atom. The molecule has 31 heavy (non-hydrogen) atoms. The van der Waals surface area contributed by atoms with Crippen LogP contribution in [0.3, 0.4) is 0 Å². The second kappa shape index (κ2) is 8.38. The summed E-state index contributed by atoms with van der Waals surface area (Å²) in [5.41, 5.74) is 6.45. The van der Waals surface area contributed by atoms with Gasteiger partial charge in [0.25, 0.3) is 0 Å². The van der Waals surface area contributed by atoms with E-state index >= 15 is 0 Å². The van der Waals surface area contributed by atoms with Crippen LogP contribution in [0.15, 0.2) is 53.4 Å². The van der Waals surface area contributed by atoms with Gasteiger partial charge in [0.05, 0.1) is 27.4 Å². The van der Waals surface area contributed by atoms with Crippen LogP contribution < -0.4 is 40.6 Å². The molecule has 0 bridgehead atoms. The van der Waals surface area contributed by atoms with Crippen LogP contribution in [0.2, 0.25) is 5.02 Å². The molecular formula is C21H14ClN2NaO5S. The van der Waals surface area contributed by atoms with E-state index in [1.54, 1.807) is 37.3 Å². The summed E-state index contributed by atoms with van der Waals surface area (Å²) < 4.78 is 35.4. The smallest absolute Gasteiger partial charge is 0.744 e. The van der Waals surface area contributed by atoms with Crippen LogP contribution in [-0.4, -0.2) is 24.5 Å². The molecule has 0 saturated carbocycles. The van der Waals surface area contributed by atoms with Gasteiger partial charge in [-0.15, -0.1) is 0 Å². The number of carbonyl (C=O) groups excluding carboxylic acids is 2. The van der Waals surface area contributed by atoms with Crippen LogP contribution in [0.1, 0.15) is 37.4 Å². The molecule has 3 N–H and O–H groups in total. The minimum atomic E-state index is -5.01. The van der Waals surface area contributed by atoms with Crippen LogP contribution in [0, 0.1) is 6.92 Å². The number of nitrogen functional groups attached to an aromatic ring is 1. The minimum absolute atomic E-state index is 0. The fourth-order valence-corrected chi connectivity index (χ4v) is 4.23. The van der Waals surface area contributed by atoms with Gasteiger partial charge in [-0.25, -0.2) is 8.42 Å². The van der Waals surface area contributed by atoms with Crippen molar-refractivity contribution in [3.05, 3.63) is 81.4 Å². The van der Waals surface area contributed by atoms with E-state index in [2.05, 4.69) is 5.32 Å². The van der Waals surface area contributed by atoms with E-state index in [0.29, 0.717) is 10.7 Å². The van der Waals surface area contributed by atoms with Crippen molar-refractivity contribution in [3.8, 4) is 0 Å². The molecule has 7 nitrogen and oxygen atoms in total. The summed E-state index contributed by atoms with van der Waals surface area (Å²) in [6, 6.07) is 12.1. The Balaban J connectivity index is 0.00000272. The molecule has 0 atom stereocenters. The number of nitrogens with two attached hydrogens (primary N) is 1. The van der Waals surface area contributed by atoms with E-state index in [9.17, 15) is 22.6 Å². The molecule has 0 aromatic heterocycles. The van der Waals surface area contributed by atoms with Crippen LogP contribution in [-0.2, 0) is 10.1 Å². The molecule has 10 heteroatoms. The Hall–Kier alpha value is -2.20. The van der Waals surface area contributed by atoms with Crippen molar-refractivity contribution < 1.29 is 52.1 Å². The van der Waals surface area contributed by atoms with E-state index in [1.165, 1.54) is 12.1 Å². The van der Waals surface area contributed by atoms with Gasteiger partial charge in [0, 0.05) is 21.8 Å². The van der Waals surface area contributed by atoms with E-state index < -0.39 is 32.3 Å². The quantitative estimate of drug-likeness (QED) is 0.259. The van der Waals surface area contributed by atoms with Crippen molar-refractivity contribution in [1.29, 1.82) is 0 Å². The van der Waals surface area contributed by atoms with Gasteiger partial charge in [-0.05, 0) is 36.8 Å². The van der Waals surface area contributed by atoms with Gasteiger partial charge in [0.1, 0.15) is 10.1 Å². The monoisotopic (exact) mass is 464 g/mol. The molecule has 1 aliphatic carbocycles. The fraction of sp³-hybridized carbons (Fsp3) is 0.0476. The maximum absolute atomic E-state index is 13.2. The molecule has 0 saturated heterocycles. The number of carbonyl (C=O) groups is 2. The number of ketones is 2. The maximum atomic E-state index is 13.2. The van der Waals surface area contributed by atoms with E-state index in [-0.39, 0.29) is 57.5 Å². The topological polar surface area (TPSA) is 129 Å². The van der Waals surface area contributed by atoms with E-state index in [1.807, 2.05) is 0 Å². The van der Waals surface area contributed by atoms with Gasteiger partial charge >= 0.3 is 29.6 Å². The first-order valence-corrected chi connectivity index (χ1v) is 10.5. The predicted octanol–water partition coefficient (Wildman–Crippen LogP) is 0.658. The first-order valence-electron chi connectivity index (χ1n) is 8.73. The Morgan fingerprint density at radius 2 is 1.55 bits per heavy atom. The second-order valence-corrected chi connectivity index (χ2v) is 8.59. The molecule has 0 fully saturated rings. The van der Waals surface area contributed by atoms with E-state index in [4.69, 9.17) is 17.3 Å². The summed E-state index contributed by atoms with van der Waals surface area (Å²) in [4.78, 5) is 25.5. The van der Waals surface area contributed by atoms with Crippen molar-refractivity contribution in [3.63, 3.8) is 0 Å². The predicted molar refractivity (Wildman–Crippen MR) is 112 cm³/mol. The normalized spacial score (nSPS) is 12.6. The summed E-state index contributed by atoms with van der Waals surface area (Å²) in [6.07, 6.45) is 0. The number of halogens is 1. The number of benzene rings is 3. The average Bonchev–Trinajstić information content (AvgIpc) is 2.69. The number of nitrogens with one attached hydrogen (secondary N) is 1. The molecule has 0 heterocycles. The maximum Gasteiger partial charge on any atom is 1.00 e. The summed E-state index contributed by atoms with van der Waals surface area (Å²) in [7, 11) is -5.01. The molecule has 0 aliphatic heterocycles. The third-order valence-electron chi connectivity index (χ3n) is 4.91. The fourth-order valence-electron chi connectivity index (χ4n) is 3.48. The summed E-state index contributed by atoms with van der Waals surface area (Å²) >= 11 is 6.04. The van der Waals surface area contributed by atoms with Crippen molar-refractivity contribution in [2.75, 3.05) is 11.1 Å². The van der Waals surface area contributed by atoms with Crippen molar-refractivity contribution >= 4 is 50.3 Å². The molecule has 3 aromatic carbocycles. The van der Waals surface area contributed by atoms with Crippen molar-refractivity contribution in [2.45, 2.75) is 11.8 Å². The zero-order valence-electron chi connectivity index (χ0n) is 16.5. The molecule has 4 rings (SSSR count). The second-order valence-electron chi connectivity index (χ2n) is 6.83. The third kappa shape index (κ3) is 4.03. The minimum Gasteiger partial charge on any atom is -0.744 e. The van der Waals surface area contributed by atoms with E-state index in [0.717, 1.165) is 11.6 Å². The van der Waals surface area contributed by atoms with Gasteiger partial charge < -0.3 is 15.6 Å². The Morgan fingerprint density at radius 1 is 0.968 bits per heavy atom. The van der Waals surface area contributed by atoms with Crippen LogP contribution in [0.4, 0.5) is 17.1 Å². The van der Waals surface area contributed by atoms with Gasteiger partial charge in [0.2, 0.25) is 0 Å². The summed E-state index contributed by atoms with van der Waals surface area (Å²) in [5.74, 6) is -1.13. The largest absolute Gasteiger partial charge is 1.00 e. The van der Waals surface area contributed by atoms with Gasteiger partial charge in [-0.3, -0.25) is 9.59 Å². The Bertz CT molecular complexity index is 1370. The van der Waals surface area contributed by atoms with Crippen LogP contribution in [0.25, 0.3) is 0 Å². The number of rotatable bonds is 3. The number of aryl methyl sites for hydroxylation is 1. The molecule has 0 spiro atoms. The average molecular weight is 465 g/mol. The molecular weight excluding hydrogens is 451 g/mol. The number of fused-ring (bicyclic) bond motifs is 2. The zero-order chi connectivity index (χ0) is 21.8. The van der Waals surface area contributed by atoms with Gasteiger partial charge in [-0.1, -0.05) is 35.9 Å². The molecule has 0 unspecified atom stereocenters. The Labute approximate surface area is 205 Å². The number of hydrogen-bond acceptors (Lipinski definition) is 7. The number of anilines is 3. The first-order chi connectivity index (χ1) is 14.1. The molecule has 1 aliphatic rings. The molecule has 152 valence electrons. The molecule has 0 radical (unpaired) electrons. The third-order valence-corrected chi connectivity index (χ3v) is 6.21.